The van der Waals surface area contributed by atoms with Crippen molar-refractivity contribution in [2.75, 3.05) is 4.90 Å². The summed E-state index contributed by atoms with van der Waals surface area (Å²) in [6.45, 7) is 0. The highest BCUT2D eigenvalue weighted by molar-refractivity contribution is 5.98. The fraction of sp³-hybridized carbons (Fsp3) is 0. The number of benzene rings is 7. The van der Waals surface area contributed by atoms with Crippen LogP contribution in [0, 0.1) is 0 Å². The Kier molecular flexibility index (Phi) is 7.36. The molecule has 0 fully saturated rings. The second-order valence-electron chi connectivity index (χ2n) is 10.5. The molecule has 0 radical (unpaired) electrons. The lowest BCUT2D eigenvalue weighted by Crippen LogP contribution is -2.12. The summed E-state index contributed by atoms with van der Waals surface area (Å²) in [5.74, 6) is 0. The zero-order valence-electron chi connectivity index (χ0n) is 23.8. The maximum Gasteiger partial charge on any atom is 0.0540 e. The largest absolute Gasteiger partial charge is 0.309 e. The molecule has 7 aromatic rings. The van der Waals surface area contributed by atoms with Gasteiger partial charge in [0.15, 0.2) is 0 Å². The molecule has 7 aromatic carbocycles. The van der Waals surface area contributed by atoms with E-state index in [4.69, 9.17) is 0 Å². The van der Waals surface area contributed by atoms with Crippen LogP contribution in [0.15, 0.2) is 188 Å². The molecule has 7 rings (SSSR count). The van der Waals surface area contributed by atoms with E-state index in [-0.39, 0.29) is 0 Å². The molecule has 1 heteroatoms. The van der Waals surface area contributed by atoms with E-state index in [1.54, 1.807) is 0 Å². The van der Waals surface area contributed by atoms with Crippen LogP contribution in [0.3, 0.4) is 0 Å². The van der Waals surface area contributed by atoms with Crippen molar-refractivity contribution in [3.05, 3.63) is 188 Å². The van der Waals surface area contributed by atoms with Crippen LogP contribution in [-0.2, 0) is 0 Å². The maximum atomic E-state index is 2.40. The van der Waals surface area contributed by atoms with Gasteiger partial charge in [0.1, 0.15) is 0 Å². The first-order valence-corrected chi connectivity index (χ1v) is 14.7. The first-order valence-electron chi connectivity index (χ1n) is 14.7. The van der Waals surface area contributed by atoms with Gasteiger partial charge in [0.25, 0.3) is 0 Å². The Hall–Kier alpha value is -5.66. The van der Waals surface area contributed by atoms with Gasteiger partial charge in [-0.15, -0.1) is 0 Å². The van der Waals surface area contributed by atoms with Crippen LogP contribution in [-0.4, -0.2) is 0 Å². The van der Waals surface area contributed by atoms with E-state index in [1.807, 2.05) is 0 Å². The third-order valence-corrected chi connectivity index (χ3v) is 7.91. The maximum absolute atomic E-state index is 2.40. The van der Waals surface area contributed by atoms with Crippen LogP contribution in [0.2, 0.25) is 0 Å². The van der Waals surface area contributed by atoms with Crippen molar-refractivity contribution in [3.63, 3.8) is 0 Å². The Morgan fingerprint density at radius 1 is 0.233 bits per heavy atom. The van der Waals surface area contributed by atoms with Gasteiger partial charge in [-0.25, -0.2) is 0 Å². The summed E-state index contributed by atoms with van der Waals surface area (Å²) >= 11 is 0. The Morgan fingerprint density at radius 3 is 1.12 bits per heavy atom. The summed E-state index contributed by atoms with van der Waals surface area (Å²) in [7, 11) is 0. The van der Waals surface area contributed by atoms with Crippen LogP contribution in [0.25, 0.3) is 44.5 Å². The highest BCUT2D eigenvalue weighted by Gasteiger charge is 2.21. The van der Waals surface area contributed by atoms with Gasteiger partial charge >= 0.3 is 0 Å². The average molecular weight is 550 g/mol. The van der Waals surface area contributed by atoms with Crippen molar-refractivity contribution in [3.8, 4) is 44.5 Å². The van der Waals surface area contributed by atoms with Gasteiger partial charge in [0, 0.05) is 16.8 Å². The molecule has 204 valence electrons. The van der Waals surface area contributed by atoms with Crippen LogP contribution in [0.1, 0.15) is 0 Å². The van der Waals surface area contributed by atoms with Crippen LogP contribution in [0.5, 0.6) is 0 Å². The zero-order valence-corrected chi connectivity index (χ0v) is 23.8. The molecule has 0 unspecified atom stereocenters. The minimum atomic E-state index is 1.11. The van der Waals surface area contributed by atoms with Crippen molar-refractivity contribution >= 4 is 17.1 Å². The van der Waals surface area contributed by atoms with Gasteiger partial charge in [0.05, 0.1) is 11.4 Å². The monoisotopic (exact) mass is 549 g/mol. The van der Waals surface area contributed by atoms with Gasteiger partial charge in [-0.2, -0.15) is 0 Å². The van der Waals surface area contributed by atoms with Gasteiger partial charge in [-0.05, 0) is 57.6 Å². The fourth-order valence-electron chi connectivity index (χ4n) is 5.95. The molecule has 0 aromatic heterocycles. The Balaban J connectivity index is 1.46. The fourth-order valence-corrected chi connectivity index (χ4v) is 5.95. The topological polar surface area (TPSA) is 3.24 Å². The summed E-state index contributed by atoms with van der Waals surface area (Å²) in [6, 6.07) is 67.0. The third-order valence-electron chi connectivity index (χ3n) is 7.91. The van der Waals surface area contributed by atoms with Crippen LogP contribution >= 0.6 is 0 Å². The number of anilines is 3. The predicted molar refractivity (Wildman–Crippen MR) is 183 cm³/mol. The number of rotatable bonds is 7. The number of hydrogen-bond donors (Lipinski definition) is 0. The molecule has 0 heterocycles. The van der Waals surface area contributed by atoms with E-state index >= 15 is 0 Å². The first kappa shape index (κ1) is 26.3. The van der Waals surface area contributed by atoms with Crippen molar-refractivity contribution < 1.29 is 0 Å². The number of para-hydroxylation sites is 3. The van der Waals surface area contributed by atoms with Crippen molar-refractivity contribution in [2.45, 2.75) is 0 Å². The van der Waals surface area contributed by atoms with Gasteiger partial charge < -0.3 is 4.90 Å². The molecule has 0 amide bonds. The highest BCUT2D eigenvalue weighted by Crippen LogP contribution is 2.47. The SMILES string of the molecule is c1ccc(-c2ccccc2-c2ccccc2-c2ccccc2N(c2ccccc2)c2ccccc2-c2ccccc2)cc1. The van der Waals surface area contributed by atoms with E-state index in [1.165, 1.54) is 44.5 Å². The zero-order chi connectivity index (χ0) is 28.8. The molecular formula is C42H31N. The van der Waals surface area contributed by atoms with Gasteiger partial charge in [0.2, 0.25) is 0 Å². The molecule has 0 aliphatic carbocycles. The minimum Gasteiger partial charge on any atom is -0.309 e. The lowest BCUT2D eigenvalue weighted by molar-refractivity contribution is 1.28. The Bertz CT molecular complexity index is 1960. The van der Waals surface area contributed by atoms with E-state index in [2.05, 4.69) is 193 Å². The number of nitrogens with zero attached hydrogens (tertiary/aromatic N) is 1. The lowest BCUT2D eigenvalue weighted by Gasteiger charge is -2.30. The summed E-state index contributed by atoms with van der Waals surface area (Å²) in [6.07, 6.45) is 0. The minimum absolute atomic E-state index is 1.11. The first-order chi connectivity index (χ1) is 21.4. The molecule has 0 aliphatic rings. The van der Waals surface area contributed by atoms with Crippen molar-refractivity contribution in [1.29, 1.82) is 0 Å². The molecule has 0 saturated heterocycles. The molecular weight excluding hydrogens is 518 g/mol. The average Bonchev–Trinajstić information content (AvgIpc) is 3.10. The summed E-state index contributed by atoms with van der Waals surface area (Å²) in [4.78, 5) is 2.40. The Labute approximate surface area is 254 Å². The van der Waals surface area contributed by atoms with E-state index < -0.39 is 0 Å². The molecule has 43 heavy (non-hydrogen) atoms. The standard InChI is InChI=1S/C42H31N/c1-4-18-32(19-5-1)35-24-10-11-26-37(35)38-27-12-13-28-39(38)40-29-15-17-31-42(40)43(34-22-8-3-9-23-34)41-30-16-14-25-36(41)33-20-6-2-7-21-33/h1-31H. The van der Waals surface area contributed by atoms with Crippen molar-refractivity contribution in [1.82, 2.24) is 0 Å². The lowest BCUT2D eigenvalue weighted by atomic mass is 9.88. The molecule has 0 atom stereocenters. The molecule has 0 spiro atoms. The van der Waals surface area contributed by atoms with Crippen LogP contribution < -0.4 is 4.90 Å². The summed E-state index contributed by atoms with van der Waals surface area (Å²) in [5.41, 5.74) is 13.0. The third kappa shape index (κ3) is 5.25. The summed E-state index contributed by atoms with van der Waals surface area (Å²) < 4.78 is 0. The Morgan fingerprint density at radius 2 is 0.558 bits per heavy atom. The second-order valence-corrected chi connectivity index (χ2v) is 10.5. The molecule has 0 aliphatic heterocycles. The highest BCUT2D eigenvalue weighted by atomic mass is 15.1. The second kappa shape index (κ2) is 12.1. The number of hydrogen-bond acceptors (Lipinski definition) is 1. The van der Waals surface area contributed by atoms with Gasteiger partial charge in [-0.3, -0.25) is 0 Å². The van der Waals surface area contributed by atoms with Crippen LogP contribution in [0.4, 0.5) is 17.1 Å². The normalized spacial score (nSPS) is 10.8. The molecule has 0 bridgehead atoms. The van der Waals surface area contributed by atoms with E-state index in [0.717, 1.165) is 17.1 Å². The van der Waals surface area contributed by atoms with Crippen molar-refractivity contribution in [2.24, 2.45) is 0 Å². The molecule has 1 nitrogen and oxygen atoms in total. The smallest absolute Gasteiger partial charge is 0.0540 e. The predicted octanol–water partition coefficient (Wildman–Crippen LogP) is 11.8. The quantitative estimate of drug-likeness (QED) is 0.191. The van der Waals surface area contributed by atoms with E-state index in [0.29, 0.717) is 0 Å². The van der Waals surface area contributed by atoms with E-state index in [9.17, 15) is 0 Å². The summed E-state index contributed by atoms with van der Waals surface area (Å²) in [5, 5.41) is 0. The van der Waals surface area contributed by atoms with Gasteiger partial charge in [-0.1, -0.05) is 164 Å². The molecule has 0 N–H and O–H groups in total. The molecule has 0 saturated carbocycles.